The topological polar surface area (TPSA) is 26.6 Å². The highest BCUT2D eigenvalue weighted by Gasteiger charge is 2.20. The van der Waals surface area contributed by atoms with Crippen LogP contribution in [0, 0.1) is 0 Å². The Balaban J connectivity index is 0.00000128. The van der Waals surface area contributed by atoms with Gasteiger partial charge >= 0.3 is 0 Å². The van der Waals surface area contributed by atoms with E-state index in [0.717, 1.165) is 12.8 Å². The number of rotatable bonds is 2. The lowest BCUT2D eigenvalue weighted by Crippen LogP contribution is -3.10. The van der Waals surface area contributed by atoms with Crippen LogP contribution in [0.5, 0.6) is 5.88 Å². The van der Waals surface area contributed by atoms with Gasteiger partial charge in [0.05, 0.1) is 20.1 Å². The fourth-order valence-electron chi connectivity index (χ4n) is 1.83. The highest BCUT2D eigenvalue weighted by molar-refractivity contribution is 6.29. The predicted molar refractivity (Wildman–Crippen MR) is 59.5 cm³/mol. The van der Waals surface area contributed by atoms with Crippen LogP contribution in [0.1, 0.15) is 12.8 Å². The van der Waals surface area contributed by atoms with Gasteiger partial charge in [0.1, 0.15) is 11.3 Å². The summed E-state index contributed by atoms with van der Waals surface area (Å²) in [4.78, 5) is 5.70. The minimum atomic E-state index is 0. The Labute approximate surface area is 107 Å². The molecule has 1 aromatic rings. The zero-order valence-electron chi connectivity index (χ0n) is 9.25. The number of nitrogens with one attached hydrogen (secondary N) is 1. The molecule has 1 N–H and O–H groups in total. The first kappa shape index (κ1) is 13.6. The summed E-state index contributed by atoms with van der Waals surface area (Å²) < 4.78 is 5.78. The molecule has 1 saturated heterocycles. The van der Waals surface area contributed by atoms with Crippen molar-refractivity contribution < 1.29 is 22.0 Å². The molecule has 0 aromatic carbocycles. The standard InChI is InChI=1S/C11H15ClN2O.ClH/c1-14-7-5-9(6-8-14)15-11-4-2-3-10(12)13-11;/h2-4,9H,5-8H2,1H3;1H. The average molecular weight is 263 g/mol. The molecule has 1 aromatic heterocycles. The van der Waals surface area contributed by atoms with E-state index < -0.39 is 0 Å². The third-order valence-electron chi connectivity index (χ3n) is 2.76. The minimum absolute atomic E-state index is 0. The third kappa shape index (κ3) is 3.81. The molecule has 0 bridgehead atoms. The minimum Gasteiger partial charge on any atom is -1.00 e. The molecule has 5 heteroatoms. The summed E-state index contributed by atoms with van der Waals surface area (Å²) in [5.74, 6) is 0.645. The number of nitrogens with zero attached hydrogens (tertiary/aromatic N) is 1. The van der Waals surface area contributed by atoms with Crippen molar-refractivity contribution in [1.82, 2.24) is 4.98 Å². The van der Waals surface area contributed by atoms with Crippen LogP contribution in [0.25, 0.3) is 0 Å². The number of hydrogen-bond donors (Lipinski definition) is 1. The van der Waals surface area contributed by atoms with Crippen molar-refractivity contribution in [2.45, 2.75) is 18.9 Å². The van der Waals surface area contributed by atoms with Gasteiger partial charge in [-0.2, -0.15) is 0 Å². The van der Waals surface area contributed by atoms with Gasteiger partial charge in [-0.3, -0.25) is 0 Å². The number of aromatic nitrogens is 1. The van der Waals surface area contributed by atoms with Crippen molar-refractivity contribution in [1.29, 1.82) is 0 Å². The van der Waals surface area contributed by atoms with Crippen molar-refractivity contribution in [2.75, 3.05) is 20.1 Å². The van der Waals surface area contributed by atoms with E-state index in [-0.39, 0.29) is 12.4 Å². The molecular weight excluding hydrogens is 247 g/mol. The molecule has 2 heterocycles. The highest BCUT2D eigenvalue weighted by Crippen LogP contribution is 2.15. The van der Waals surface area contributed by atoms with E-state index in [1.165, 1.54) is 13.1 Å². The van der Waals surface area contributed by atoms with Crippen molar-refractivity contribution in [2.24, 2.45) is 0 Å². The quantitative estimate of drug-likeness (QED) is 0.613. The second-order valence-corrected chi connectivity index (χ2v) is 4.46. The van der Waals surface area contributed by atoms with E-state index >= 15 is 0 Å². The molecular formula is C11H16Cl2N2O. The first-order valence-electron chi connectivity index (χ1n) is 5.34. The van der Waals surface area contributed by atoms with Gasteiger partial charge in [0.25, 0.3) is 0 Å². The van der Waals surface area contributed by atoms with Crippen LogP contribution < -0.4 is 22.0 Å². The number of quaternary nitrogens is 1. The number of likely N-dealkylation sites (tertiary alicyclic amines) is 1. The summed E-state index contributed by atoms with van der Waals surface area (Å²) in [6.45, 7) is 2.34. The lowest BCUT2D eigenvalue weighted by molar-refractivity contribution is -0.885. The van der Waals surface area contributed by atoms with E-state index in [1.807, 2.05) is 12.1 Å². The zero-order chi connectivity index (χ0) is 10.7. The van der Waals surface area contributed by atoms with E-state index in [2.05, 4.69) is 12.0 Å². The van der Waals surface area contributed by atoms with E-state index in [9.17, 15) is 0 Å². The maximum absolute atomic E-state index is 5.79. The summed E-state index contributed by atoms with van der Waals surface area (Å²) >= 11 is 5.79. The molecule has 0 saturated carbocycles. The molecule has 1 fully saturated rings. The first-order chi connectivity index (χ1) is 7.24. The SMILES string of the molecule is C[NH+]1CCC(Oc2cccc(Cl)n2)CC1.[Cl-]. The summed E-state index contributed by atoms with van der Waals surface area (Å²) in [5, 5.41) is 0.492. The Morgan fingerprint density at radius 2 is 2.06 bits per heavy atom. The highest BCUT2D eigenvalue weighted by atomic mass is 35.5. The van der Waals surface area contributed by atoms with Crippen LogP contribution in [0.4, 0.5) is 0 Å². The van der Waals surface area contributed by atoms with E-state index in [4.69, 9.17) is 16.3 Å². The molecule has 0 spiro atoms. The number of pyridine rings is 1. The molecule has 0 unspecified atom stereocenters. The van der Waals surface area contributed by atoms with Gasteiger partial charge in [-0.15, -0.1) is 0 Å². The van der Waals surface area contributed by atoms with Crippen LogP contribution >= 0.6 is 11.6 Å². The fraction of sp³-hybridized carbons (Fsp3) is 0.545. The normalized spacial score (nSPS) is 24.6. The van der Waals surface area contributed by atoms with Crippen LogP contribution in [-0.4, -0.2) is 31.2 Å². The lowest BCUT2D eigenvalue weighted by Gasteiger charge is -2.26. The van der Waals surface area contributed by atoms with Gasteiger partial charge in [-0.05, 0) is 6.07 Å². The van der Waals surface area contributed by atoms with Crippen LogP contribution in [0.2, 0.25) is 5.15 Å². The molecule has 0 amide bonds. The Morgan fingerprint density at radius 1 is 1.38 bits per heavy atom. The maximum atomic E-state index is 5.79. The fourth-order valence-corrected chi connectivity index (χ4v) is 1.98. The van der Waals surface area contributed by atoms with Crippen LogP contribution in [0.3, 0.4) is 0 Å². The van der Waals surface area contributed by atoms with Crippen molar-refractivity contribution in [3.05, 3.63) is 23.4 Å². The Kier molecular flexibility index (Phi) is 5.32. The van der Waals surface area contributed by atoms with Crippen molar-refractivity contribution in [3.8, 4) is 5.88 Å². The van der Waals surface area contributed by atoms with Gasteiger partial charge in [-0.1, -0.05) is 17.7 Å². The molecule has 16 heavy (non-hydrogen) atoms. The molecule has 1 aliphatic rings. The van der Waals surface area contributed by atoms with Gasteiger partial charge in [0.2, 0.25) is 5.88 Å². The molecule has 3 nitrogen and oxygen atoms in total. The molecule has 1 aliphatic heterocycles. The smallest absolute Gasteiger partial charge is 0.214 e. The summed E-state index contributed by atoms with van der Waals surface area (Å²) in [6.07, 6.45) is 2.50. The average Bonchev–Trinajstić information content (AvgIpc) is 2.22. The van der Waals surface area contributed by atoms with Crippen LogP contribution in [-0.2, 0) is 0 Å². The molecule has 0 radical (unpaired) electrons. The Morgan fingerprint density at radius 3 is 2.69 bits per heavy atom. The molecule has 90 valence electrons. The number of halogens is 2. The lowest BCUT2D eigenvalue weighted by atomic mass is 10.1. The molecule has 2 rings (SSSR count). The number of hydrogen-bond acceptors (Lipinski definition) is 2. The molecule has 0 atom stereocenters. The second kappa shape index (κ2) is 6.28. The number of ether oxygens (including phenoxy) is 1. The van der Waals surface area contributed by atoms with E-state index in [1.54, 1.807) is 11.0 Å². The van der Waals surface area contributed by atoms with Gasteiger partial charge in [0.15, 0.2) is 0 Å². The van der Waals surface area contributed by atoms with Crippen LogP contribution in [0.15, 0.2) is 18.2 Å². The van der Waals surface area contributed by atoms with Crippen molar-refractivity contribution >= 4 is 11.6 Å². The Hall–Kier alpha value is -0.510. The predicted octanol–water partition coefficient (Wildman–Crippen LogP) is -2.21. The second-order valence-electron chi connectivity index (χ2n) is 4.07. The van der Waals surface area contributed by atoms with Gasteiger partial charge in [-0.25, -0.2) is 4.98 Å². The Bertz CT molecular complexity index is 328. The summed E-state index contributed by atoms with van der Waals surface area (Å²) in [7, 11) is 2.22. The zero-order valence-corrected chi connectivity index (χ0v) is 10.8. The number of piperidine rings is 1. The van der Waals surface area contributed by atoms with E-state index in [0.29, 0.717) is 17.1 Å². The monoisotopic (exact) mass is 262 g/mol. The summed E-state index contributed by atoms with van der Waals surface area (Å²) in [5.41, 5.74) is 0. The maximum Gasteiger partial charge on any atom is 0.214 e. The molecule has 0 aliphatic carbocycles. The van der Waals surface area contributed by atoms with Gasteiger partial charge in [0, 0.05) is 18.9 Å². The summed E-state index contributed by atoms with van der Waals surface area (Å²) in [6, 6.07) is 5.48. The van der Waals surface area contributed by atoms with Crippen molar-refractivity contribution in [3.63, 3.8) is 0 Å². The third-order valence-corrected chi connectivity index (χ3v) is 2.97. The van der Waals surface area contributed by atoms with Gasteiger partial charge < -0.3 is 22.0 Å². The first-order valence-corrected chi connectivity index (χ1v) is 5.72. The largest absolute Gasteiger partial charge is 1.00 e.